The van der Waals surface area contributed by atoms with Crippen LogP contribution in [0.15, 0.2) is 97.1 Å². The van der Waals surface area contributed by atoms with Gasteiger partial charge in [-0.25, -0.2) is 0 Å². The SMILES string of the molecule is N#Cc1cc2c3c(ccc4c5c(-c6ccc(-c7ccc(-c8cc9c%10c(cc(C#N)c%11c%12ccc%13c%14c(ccc(c8c%10%11)c%14%12)C(=O)[N-]C%13=O)C(=O)[N-]C9=O)s7)s6)cc6c7c(ccc(c1c34)c75)C(=O)[N-]C6=O)C(=O)[N-]C2=O.[Rb+].[Rb+].[Rb+].[Rb+]. The fourth-order valence-electron chi connectivity index (χ4n) is 12.2. The number of amides is 8. The number of imide groups is 4. The van der Waals surface area contributed by atoms with E-state index in [1.165, 1.54) is 34.8 Å². The second-order valence-electron chi connectivity index (χ2n) is 18.5. The third-order valence-electron chi connectivity index (χ3n) is 15.1. The van der Waals surface area contributed by atoms with Crippen molar-refractivity contribution >= 4 is 156 Å². The molecule has 0 radical (unpaired) electrons. The van der Waals surface area contributed by atoms with Crippen LogP contribution in [0.2, 0.25) is 0 Å². The maximum atomic E-state index is 13.8. The summed E-state index contributed by atoms with van der Waals surface area (Å²) in [5.74, 6) is -5.74. The summed E-state index contributed by atoms with van der Waals surface area (Å²) in [6, 6.07) is 31.9. The zero-order valence-electron chi connectivity index (χ0n) is 41.0. The van der Waals surface area contributed by atoms with Crippen molar-refractivity contribution in [2.75, 3.05) is 0 Å². The van der Waals surface area contributed by atoms with E-state index in [-0.39, 0.29) is 288 Å². The van der Waals surface area contributed by atoms with Crippen LogP contribution in [0.25, 0.3) is 138 Å². The zero-order chi connectivity index (χ0) is 50.1. The largest absolute Gasteiger partial charge is 1.00 e. The monoisotopic (exact) mass is 1330 g/mol. The average molecular weight is 1330 g/mol. The van der Waals surface area contributed by atoms with Crippen molar-refractivity contribution in [1.29, 1.82) is 10.5 Å². The van der Waals surface area contributed by atoms with E-state index in [0.717, 1.165) is 9.75 Å². The van der Waals surface area contributed by atoms with Gasteiger partial charge in [0, 0.05) is 118 Å². The number of rotatable bonds is 3. The van der Waals surface area contributed by atoms with Crippen LogP contribution in [0.5, 0.6) is 0 Å². The first-order chi connectivity index (χ1) is 35.9. The third-order valence-corrected chi connectivity index (χ3v) is 17.5. The van der Waals surface area contributed by atoms with Gasteiger partial charge in [-0.3, -0.25) is 0 Å². The predicted octanol–water partition coefficient (Wildman–Crippen LogP) is 1.34. The van der Waals surface area contributed by atoms with E-state index < -0.39 is 47.3 Å². The standard InChI is InChI=1S/C58H20N6O8S2.4Rb/c59-17-19-13-31-45-27(53(67)62-55(31)69)8-4-24-42-29(15-33-46-28(54(68)63-57(33)71)6-2-22(49(42)46)39(19)48(24)45)35-9-11-37(73-35)38-12-10-36(74-38)30-16-34-47-32(56(70)64-58(34)72)14-20(18-60)40-21-1-5-25-44-26(52(66)61-51(25)65)7-3-23(41(21)44)43(30)50(40)47;;;;/h1-16H,(H4,61,62,63,64,65,66,67,68,69,70,71,72);;;;/q;4*+1/p-4. The van der Waals surface area contributed by atoms with Gasteiger partial charge in [-0.05, 0) is 91.6 Å². The van der Waals surface area contributed by atoms with Crippen molar-refractivity contribution < 1.29 is 271 Å². The molecule has 10 aromatic carbocycles. The number of benzene rings is 10. The van der Waals surface area contributed by atoms with Gasteiger partial charge < -0.3 is 59.6 Å². The average Bonchev–Trinajstić information content (AvgIpc) is 4.14. The third kappa shape index (κ3) is 7.33. The van der Waals surface area contributed by atoms with E-state index in [2.05, 4.69) is 33.4 Å². The molecule has 0 atom stereocenters. The normalized spacial score (nSPS) is 14.1. The number of hydrogen-bond acceptors (Lipinski definition) is 12. The molecule has 342 valence electrons. The Morgan fingerprint density at radius 1 is 0.269 bits per heavy atom. The molecular weight excluding hydrogens is 1310 g/mol. The van der Waals surface area contributed by atoms with Crippen molar-refractivity contribution in [3.05, 3.63) is 174 Å². The second kappa shape index (κ2) is 19.8. The molecule has 16 rings (SSSR count). The van der Waals surface area contributed by atoms with E-state index in [1.54, 1.807) is 60.7 Å². The van der Waals surface area contributed by atoms with Crippen LogP contribution in [0, 0.1) is 22.7 Å². The molecule has 2 aromatic heterocycles. The van der Waals surface area contributed by atoms with Crippen molar-refractivity contribution in [2.45, 2.75) is 0 Å². The van der Waals surface area contributed by atoms with Crippen LogP contribution < -0.4 is 233 Å². The molecule has 4 aliphatic heterocycles. The Morgan fingerprint density at radius 3 is 0.962 bits per heavy atom. The smallest absolute Gasteiger partial charge is 0.587 e. The van der Waals surface area contributed by atoms with Gasteiger partial charge in [0.05, 0.1) is 70.5 Å². The number of carbonyl (C=O) groups is 8. The zero-order valence-corrected chi connectivity index (χ0v) is 62.3. The summed E-state index contributed by atoms with van der Waals surface area (Å²) in [4.78, 5) is 111. The first kappa shape index (κ1) is 55.5. The molecule has 78 heavy (non-hydrogen) atoms. The summed E-state index contributed by atoms with van der Waals surface area (Å²) in [6.07, 6.45) is 0. The predicted molar refractivity (Wildman–Crippen MR) is 278 cm³/mol. The summed E-state index contributed by atoms with van der Waals surface area (Å²) < 4.78 is 0. The van der Waals surface area contributed by atoms with Crippen LogP contribution in [0.1, 0.15) is 94.0 Å². The molecule has 0 spiro atoms. The van der Waals surface area contributed by atoms with Crippen LogP contribution in [-0.2, 0) is 0 Å². The summed E-state index contributed by atoms with van der Waals surface area (Å²) in [7, 11) is 0. The fourth-order valence-corrected chi connectivity index (χ4v) is 14.4. The number of thiophene rings is 2. The summed E-state index contributed by atoms with van der Waals surface area (Å²) in [5.41, 5.74) is 3.00. The molecular formula is C58H16N6O8Rb4S2. The molecule has 20 heteroatoms. The van der Waals surface area contributed by atoms with Gasteiger partial charge in [0.15, 0.2) is 0 Å². The first-order valence-corrected chi connectivity index (χ1v) is 24.3. The molecule has 0 unspecified atom stereocenters. The first-order valence-electron chi connectivity index (χ1n) is 22.7. The van der Waals surface area contributed by atoms with E-state index >= 15 is 0 Å². The summed E-state index contributed by atoms with van der Waals surface area (Å²) >= 11 is 2.83. The van der Waals surface area contributed by atoms with Gasteiger partial charge in [-0.2, -0.15) is 10.5 Å². The second-order valence-corrected chi connectivity index (χ2v) is 20.6. The molecule has 0 N–H and O–H groups in total. The molecule has 8 amide bonds. The van der Waals surface area contributed by atoms with Gasteiger partial charge in [0.1, 0.15) is 0 Å². The minimum Gasteiger partial charge on any atom is -0.587 e. The molecule has 0 saturated carbocycles. The van der Waals surface area contributed by atoms with Crippen molar-refractivity contribution in [3.8, 4) is 42.8 Å². The molecule has 12 aromatic rings. The van der Waals surface area contributed by atoms with Crippen LogP contribution in [0.4, 0.5) is 0 Å². The van der Waals surface area contributed by atoms with Gasteiger partial charge in [-0.15, -0.1) is 22.7 Å². The van der Waals surface area contributed by atoms with E-state index in [0.29, 0.717) is 107 Å². The van der Waals surface area contributed by atoms with E-state index in [4.69, 9.17) is 0 Å². The Kier molecular flexibility index (Phi) is 14.1. The maximum absolute atomic E-state index is 13.8. The quantitative estimate of drug-likeness (QED) is 0.140. The van der Waals surface area contributed by atoms with Gasteiger partial charge in [-0.1, -0.05) is 48.5 Å². The molecule has 0 aliphatic carbocycles. The van der Waals surface area contributed by atoms with Crippen LogP contribution >= 0.6 is 22.7 Å². The van der Waals surface area contributed by atoms with Gasteiger partial charge in [0.2, 0.25) is 0 Å². The van der Waals surface area contributed by atoms with E-state index in [9.17, 15) is 48.9 Å². The molecule has 14 nitrogen and oxygen atoms in total. The van der Waals surface area contributed by atoms with Crippen molar-refractivity contribution in [3.63, 3.8) is 0 Å². The Hall–Kier alpha value is -3.04. The molecule has 4 aliphatic rings. The van der Waals surface area contributed by atoms with Gasteiger partial charge >= 0.3 is 233 Å². The topological polar surface area (TPSA) is 241 Å². The maximum Gasteiger partial charge on any atom is 1.00 e. The van der Waals surface area contributed by atoms with Gasteiger partial charge in [0.25, 0.3) is 0 Å². The number of carbonyl (C=O) groups excluding carboxylic acids is 8. The Labute approximate surface area is 640 Å². The number of hydrogen-bond donors (Lipinski definition) is 0. The molecule has 0 bridgehead atoms. The summed E-state index contributed by atoms with van der Waals surface area (Å²) in [5, 5.41) is 44.6. The van der Waals surface area contributed by atoms with Crippen LogP contribution in [0.3, 0.4) is 0 Å². The van der Waals surface area contributed by atoms with Crippen molar-refractivity contribution in [2.24, 2.45) is 0 Å². The number of nitrogens with zero attached hydrogens (tertiary/aromatic N) is 6. The number of fused-ring (bicyclic) bond motifs is 4. The minimum absolute atomic E-state index is 0. The number of nitriles is 2. The Bertz CT molecular complexity index is 5110. The minimum atomic E-state index is -0.767. The molecule has 0 fully saturated rings. The Morgan fingerprint density at radius 2 is 0.551 bits per heavy atom. The summed E-state index contributed by atoms with van der Waals surface area (Å²) in [6.45, 7) is 0. The van der Waals surface area contributed by atoms with E-state index in [1.807, 2.05) is 24.3 Å². The molecule has 0 saturated heterocycles. The van der Waals surface area contributed by atoms with Crippen LogP contribution in [-0.4, -0.2) is 47.3 Å². The Balaban J connectivity index is 0.00000152. The fraction of sp³-hybridized carbons (Fsp3) is 0. The van der Waals surface area contributed by atoms with Crippen molar-refractivity contribution in [1.82, 2.24) is 0 Å². The molecule has 6 heterocycles.